The number of rotatable bonds is 4. The summed E-state index contributed by atoms with van der Waals surface area (Å²) in [5.41, 5.74) is 0.692. The molecular formula is C17H19FN4O. The van der Waals surface area contributed by atoms with Crippen molar-refractivity contribution in [2.45, 2.75) is 25.3 Å². The highest BCUT2D eigenvalue weighted by Gasteiger charge is 2.22. The van der Waals surface area contributed by atoms with Gasteiger partial charge in [0.1, 0.15) is 5.82 Å². The van der Waals surface area contributed by atoms with Crippen LogP contribution in [-0.4, -0.2) is 35.0 Å². The number of nitrogens with one attached hydrogen (secondary N) is 1. The minimum atomic E-state index is -0.313. The van der Waals surface area contributed by atoms with Crippen LogP contribution in [0.2, 0.25) is 0 Å². The maximum Gasteiger partial charge on any atom is 0.225 e. The first-order chi connectivity index (χ1) is 11.2. The van der Waals surface area contributed by atoms with Crippen molar-refractivity contribution in [2.24, 2.45) is 0 Å². The predicted molar refractivity (Wildman–Crippen MR) is 85.5 cm³/mol. The highest BCUT2D eigenvalue weighted by Crippen LogP contribution is 2.15. The smallest absolute Gasteiger partial charge is 0.225 e. The number of aromatic nitrogens is 2. The summed E-state index contributed by atoms with van der Waals surface area (Å²) in [6.07, 6.45) is 5.38. The van der Waals surface area contributed by atoms with Gasteiger partial charge in [0.05, 0.1) is 6.42 Å². The van der Waals surface area contributed by atoms with Gasteiger partial charge in [0.15, 0.2) is 0 Å². The van der Waals surface area contributed by atoms with Crippen LogP contribution in [0.1, 0.15) is 18.4 Å². The summed E-state index contributed by atoms with van der Waals surface area (Å²) in [5.74, 6) is 0.355. The third kappa shape index (κ3) is 4.25. The molecule has 1 amide bonds. The molecule has 1 N–H and O–H groups in total. The summed E-state index contributed by atoms with van der Waals surface area (Å²) < 4.78 is 13.1. The van der Waals surface area contributed by atoms with E-state index in [1.165, 1.54) is 12.1 Å². The molecule has 0 unspecified atom stereocenters. The first kappa shape index (κ1) is 15.4. The topological polar surface area (TPSA) is 58.1 Å². The average molecular weight is 314 g/mol. The molecule has 1 aromatic heterocycles. The van der Waals surface area contributed by atoms with Crippen molar-refractivity contribution in [1.82, 2.24) is 15.3 Å². The Labute approximate surface area is 134 Å². The average Bonchev–Trinajstić information content (AvgIpc) is 2.56. The third-order valence-corrected chi connectivity index (χ3v) is 3.95. The van der Waals surface area contributed by atoms with Crippen LogP contribution >= 0.6 is 0 Å². The van der Waals surface area contributed by atoms with Gasteiger partial charge in [-0.3, -0.25) is 4.79 Å². The van der Waals surface area contributed by atoms with Gasteiger partial charge in [-0.2, -0.15) is 0 Å². The number of benzene rings is 1. The van der Waals surface area contributed by atoms with E-state index >= 15 is 0 Å². The minimum absolute atomic E-state index is 0.0648. The zero-order valence-electron chi connectivity index (χ0n) is 12.8. The Morgan fingerprint density at radius 1 is 1.22 bits per heavy atom. The van der Waals surface area contributed by atoms with Crippen LogP contribution in [0.3, 0.4) is 0 Å². The number of hydrogen-bond acceptors (Lipinski definition) is 4. The van der Waals surface area contributed by atoms with Crippen LogP contribution in [0.4, 0.5) is 10.3 Å². The quantitative estimate of drug-likeness (QED) is 0.937. The van der Waals surface area contributed by atoms with Crippen molar-refractivity contribution < 1.29 is 9.18 Å². The highest BCUT2D eigenvalue weighted by atomic mass is 19.1. The summed E-state index contributed by atoms with van der Waals surface area (Å²) in [5, 5.41) is 3.03. The largest absolute Gasteiger partial charge is 0.353 e. The van der Waals surface area contributed by atoms with Gasteiger partial charge in [0.2, 0.25) is 11.9 Å². The molecular weight excluding hydrogens is 295 g/mol. The van der Waals surface area contributed by atoms with Gasteiger partial charge in [0.25, 0.3) is 0 Å². The fourth-order valence-corrected chi connectivity index (χ4v) is 2.79. The van der Waals surface area contributed by atoms with E-state index in [1.807, 2.05) is 0 Å². The molecule has 120 valence electrons. The second-order valence-electron chi connectivity index (χ2n) is 5.68. The molecule has 1 fully saturated rings. The molecule has 2 heterocycles. The van der Waals surface area contributed by atoms with Crippen LogP contribution in [0.25, 0.3) is 0 Å². The molecule has 23 heavy (non-hydrogen) atoms. The molecule has 5 nitrogen and oxygen atoms in total. The fourth-order valence-electron chi connectivity index (χ4n) is 2.79. The van der Waals surface area contributed by atoms with Crippen LogP contribution < -0.4 is 10.2 Å². The molecule has 1 aliphatic heterocycles. The Morgan fingerprint density at radius 2 is 1.96 bits per heavy atom. The highest BCUT2D eigenvalue weighted by molar-refractivity contribution is 5.78. The van der Waals surface area contributed by atoms with Gasteiger partial charge in [0, 0.05) is 31.5 Å². The van der Waals surface area contributed by atoms with Crippen molar-refractivity contribution in [3.05, 3.63) is 54.1 Å². The zero-order valence-corrected chi connectivity index (χ0v) is 12.8. The van der Waals surface area contributed by atoms with Gasteiger partial charge in [-0.15, -0.1) is 0 Å². The number of anilines is 1. The van der Waals surface area contributed by atoms with Gasteiger partial charge < -0.3 is 10.2 Å². The van der Waals surface area contributed by atoms with E-state index in [4.69, 9.17) is 0 Å². The zero-order chi connectivity index (χ0) is 16.1. The summed E-state index contributed by atoms with van der Waals surface area (Å²) in [6, 6.07) is 8.10. The van der Waals surface area contributed by atoms with Crippen LogP contribution in [0.15, 0.2) is 42.7 Å². The van der Waals surface area contributed by atoms with E-state index in [0.29, 0.717) is 5.56 Å². The van der Waals surface area contributed by atoms with Crippen LogP contribution in [-0.2, 0) is 11.2 Å². The van der Waals surface area contributed by atoms with Crippen molar-refractivity contribution in [1.29, 1.82) is 0 Å². The van der Waals surface area contributed by atoms with E-state index in [1.54, 1.807) is 30.6 Å². The van der Waals surface area contributed by atoms with E-state index in [9.17, 15) is 9.18 Å². The molecule has 0 bridgehead atoms. The normalized spacial score (nSPS) is 15.4. The maximum atomic E-state index is 13.1. The fraction of sp³-hybridized carbons (Fsp3) is 0.353. The molecule has 3 rings (SSSR count). The van der Waals surface area contributed by atoms with Gasteiger partial charge in [-0.1, -0.05) is 12.1 Å². The molecule has 6 heteroatoms. The Kier molecular flexibility index (Phi) is 4.80. The number of piperidine rings is 1. The third-order valence-electron chi connectivity index (χ3n) is 3.95. The molecule has 1 aromatic carbocycles. The van der Waals surface area contributed by atoms with E-state index in [0.717, 1.165) is 31.9 Å². The molecule has 2 aromatic rings. The summed E-state index contributed by atoms with van der Waals surface area (Å²) in [4.78, 5) is 22.7. The Bertz CT molecular complexity index is 657. The number of hydrogen-bond donors (Lipinski definition) is 1. The molecule has 1 saturated heterocycles. The summed E-state index contributed by atoms with van der Waals surface area (Å²) in [7, 11) is 0. The molecule has 1 aliphatic rings. The predicted octanol–water partition coefficient (Wildman–Crippen LogP) is 1.94. The second-order valence-corrected chi connectivity index (χ2v) is 5.68. The minimum Gasteiger partial charge on any atom is -0.353 e. The number of carbonyl (C=O) groups excluding carboxylic acids is 1. The first-order valence-electron chi connectivity index (χ1n) is 7.76. The molecule has 0 spiro atoms. The lowest BCUT2D eigenvalue weighted by Gasteiger charge is -2.32. The van der Waals surface area contributed by atoms with Gasteiger partial charge in [-0.05, 0) is 36.6 Å². The molecule has 0 aliphatic carbocycles. The Morgan fingerprint density at radius 3 is 2.65 bits per heavy atom. The number of halogens is 1. The monoisotopic (exact) mass is 314 g/mol. The second kappa shape index (κ2) is 7.17. The van der Waals surface area contributed by atoms with Crippen molar-refractivity contribution in [3.8, 4) is 0 Å². The molecule has 0 saturated carbocycles. The van der Waals surface area contributed by atoms with Gasteiger partial charge >= 0.3 is 0 Å². The maximum absolute atomic E-state index is 13.1. The molecule has 0 radical (unpaired) electrons. The molecule has 0 atom stereocenters. The lowest BCUT2D eigenvalue weighted by Crippen LogP contribution is -2.45. The van der Waals surface area contributed by atoms with E-state index in [2.05, 4.69) is 20.2 Å². The van der Waals surface area contributed by atoms with Gasteiger partial charge in [-0.25, -0.2) is 14.4 Å². The van der Waals surface area contributed by atoms with Crippen molar-refractivity contribution in [2.75, 3.05) is 18.0 Å². The van der Waals surface area contributed by atoms with Crippen molar-refractivity contribution >= 4 is 11.9 Å². The van der Waals surface area contributed by atoms with E-state index < -0.39 is 0 Å². The van der Waals surface area contributed by atoms with Crippen LogP contribution in [0, 0.1) is 5.82 Å². The lowest BCUT2D eigenvalue weighted by atomic mass is 10.0. The Hall–Kier alpha value is -2.50. The Balaban J connectivity index is 1.48. The number of amides is 1. The van der Waals surface area contributed by atoms with E-state index in [-0.39, 0.29) is 24.2 Å². The standard InChI is InChI=1S/C17H19FN4O/c18-14-4-1-3-13(11-14)12-16(23)21-15-5-9-22(10-6-15)17-19-7-2-8-20-17/h1-4,7-8,11,15H,5-6,9-10,12H2,(H,21,23). The number of nitrogens with zero attached hydrogens (tertiary/aromatic N) is 3. The van der Waals surface area contributed by atoms with Crippen LogP contribution in [0.5, 0.6) is 0 Å². The number of carbonyl (C=O) groups is 1. The SMILES string of the molecule is O=C(Cc1cccc(F)c1)NC1CCN(c2ncccn2)CC1. The first-order valence-corrected chi connectivity index (χ1v) is 7.76. The summed E-state index contributed by atoms with van der Waals surface area (Å²) >= 11 is 0. The van der Waals surface area contributed by atoms with Crippen molar-refractivity contribution in [3.63, 3.8) is 0 Å². The summed E-state index contributed by atoms with van der Waals surface area (Å²) in [6.45, 7) is 1.63. The lowest BCUT2D eigenvalue weighted by molar-refractivity contribution is -0.121.